The normalized spacial score (nSPS) is 17.9. The van der Waals surface area contributed by atoms with Gasteiger partial charge in [0.2, 0.25) is 0 Å². The van der Waals surface area contributed by atoms with Gasteiger partial charge in [-0.05, 0) is 32.4 Å². The van der Waals surface area contributed by atoms with Crippen molar-refractivity contribution in [2.45, 2.75) is 33.2 Å². The molecule has 1 amide bonds. The van der Waals surface area contributed by atoms with Gasteiger partial charge in [-0.3, -0.25) is 9.59 Å². The van der Waals surface area contributed by atoms with Crippen molar-refractivity contribution in [1.82, 2.24) is 4.90 Å². The molecule has 0 saturated carbocycles. The Bertz CT molecular complexity index is 680. The molecule has 2 rings (SSSR count). The van der Waals surface area contributed by atoms with Crippen molar-refractivity contribution in [3.63, 3.8) is 0 Å². The van der Waals surface area contributed by atoms with Crippen LogP contribution in [0.4, 0.5) is 0 Å². The number of nitrogens with zero attached hydrogens (tertiary/aromatic N) is 1. The molecule has 1 saturated heterocycles. The van der Waals surface area contributed by atoms with Gasteiger partial charge in [-0.2, -0.15) is 0 Å². The Labute approximate surface area is 141 Å². The third kappa shape index (κ3) is 3.22. The quantitative estimate of drug-likeness (QED) is 0.492. The lowest BCUT2D eigenvalue weighted by Crippen LogP contribution is -2.34. The highest BCUT2D eigenvalue weighted by molar-refractivity contribution is 6.28. The lowest BCUT2D eigenvalue weighted by atomic mass is 10.1. The Hall–Kier alpha value is -2.50. The van der Waals surface area contributed by atoms with E-state index in [4.69, 9.17) is 9.47 Å². The van der Waals surface area contributed by atoms with E-state index in [9.17, 15) is 14.7 Å². The largest absolute Gasteiger partial charge is 0.506 e. The summed E-state index contributed by atoms with van der Waals surface area (Å²) < 4.78 is 10.7. The molecule has 1 fully saturated rings. The van der Waals surface area contributed by atoms with E-state index >= 15 is 0 Å². The number of benzene rings is 1. The first-order valence-corrected chi connectivity index (χ1v) is 8.03. The van der Waals surface area contributed by atoms with Gasteiger partial charge in [0.05, 0.1) is 25.8 Å². The topological polar surface area (TPSA) is 76.1 Å². The molecule has 24 heavy (non-hydrogen) atoms. The van der Waals surface area contributed by atoms with Crippen LogP contribution in [-0.4, -0.2) is 48.0 Å². The number of Topliss-reactive ketones (excluding diaryl/α,β-unsaturated/α-hetero) is 1. The smallest absolute Gasteiger partial charge is 0.262 e. The second-order valence-corrected chi connectivity index (χ2v) is 5.63. The van der Waals surface area contributed by atoms with Gasteiger partial charge >= 0.3 is 0 Å². The number of ketones is 1. The van der Waals surface area contributed by atoms with Crippen LogP contribution in [0.2, 0.25) is 0 Å². The first-order valence-electron chi connectivity index (χ1n) is 8.03. The Morgan fingerprint density at radius 1 is 1.33 bits per heavy atom. The van der Waals surface area contributed by atoms with Crippen LogP contribution in [0.3, 0.4) is 0 Å². The average molecular weight is 333 g/mol. The van der Waals surface area contributed by atoms with Crippen molar-refractivity contribution in [3.8, 4) is 11.5 Å². The van der Waals surface area contributed by atoms with Crippen LogP contribution in [-0.2, 0) is 9.59 Å². The van der Waals surface area contributed by atoms with E-state index in [1.807, 2.05) is 20.8 Å². The van der Waals surface area contributed by atoms with Crippen molar-refractivity contribution < 1.29 is 24.2 Å². The van der Waals surface area contributed by atoms with Crippen LogP contribution in [0.5, 0.6) is 11.5 Å². The van der Waals surface area contributed by atoms with Gasteiger partial charge in [0.15, 0.2) is 5.78 Å². The van der Waals surface area contributed by atoms with Gasteiger partial charge < -0.3 is 19.5 Å². The second kappa shape index (κ2) is 7.38. The van der Waals surface area contributed by atoms with Crippen molar-refractivity contribution >= 4 is 17.4 Å². The predicted molar refractivity (Wildman–Crippen MR) is 90.2 cm³/mol. The summed E-state index contributed by atoms with van der Waals surface area (Å²) >= 11 is 0. The maximum Gasteiger partial charge on any atom is 0.262 e. The van der Waals surface area contributed by atoms with Crippen LogP contribution in [0.25, 0.3) is 5.76 Å². The van der Waals surface area contributed by atoms with Crippen LogP contribution in [0, 0.1) is 0 Å². The van der Waals surface area contributed by atoms with Gasteiger partial charge in [-0.15, -0.1) is 0 Å². The molecular formula is C18H23NO5. The molecule has 130 valence electrons. The molecule has 0 aromatic heterocycles. The number of aliphatic hydroxyl groups excluding tert-OH is 1. The Kier molecular flexibility index (Phi) is 5.49. The summed E-state index contributed by atoms with van der Waals surface area (Å²) in [4.78, 5) is 26.3. The second-order valence-electron chi connectivity index (χ2n) is 5.63. The van der Waals surface area contributed by atoms with Crippen LogP contribution < -0.4 is 9.47 Å². The number of rotatable bonds is 6. The molecule has 0 aliphatic carbocycles. The molecular weight excluding hydrogens is 310 g/mol. The fourth-order valence-corrected chi connectivity index (χ4v) is 2.64. The highest BCUT2D eigenvalue weighted by Gasteiger charge is 2.39. The standard InChI is InChI=1S/C18H23NO5/c1-5-11(3)19-10-14(20)16(18(19)22)17(21)13-8-7-12(24-6-2)9-15(13)23-4/h7-9,11,21H,5-6,10H2,1-4H3/b17-16-. The molecule has 1 unspecified atom stereocenters. The zero-order chi connectivity index (χ0) is 17.9. The van der Waals surface area contributed by atoms with E-state index in [2.05, 4.69) is 0 Å². The van der Waals surface area contributed by atoms with E-state index in [0.717, 1.165) is 6.42 Å². The molecule has 1 atom stereocenters. The third-order valence-corrected chi connectivity index (χ3v) is 4.17. The average Bonchev–Trinajstić information content (AvgIpc) is 2.88. The number of carbonyl (C=O) groups is 2. The predicted octanol–water partition coefficient (Wildman–Crippen LogP) is 2.57. The van der Waals surface area contributed by atoms with Gasteiger partial charge in [0.25, 0.3) is 5.91 Å². The summed E-state index contributed by atoms with van der Waals surface area (Å²) in [6, 6.07) is 4.80. The lowest BCUT2D eigenvalue weighted by molar-refractivity contribution is -0.126. The molecule has 6 heteroatoms. The van der Waals surface area contributed by atoms with Gasteiger partial charge in [0.1, 0.15) is 22.8 Å². The first-order chi connectivity index (χ1) is 11.4. The molecule has 1 aromatic rings. The highest BCUT2D eigenvalue weighted by Crippen LogP contribution is 2.33. The van der Waals surface area contributed by atoms with Crippen LogP contribution in [0.15, 0.2) is 23.8 Å². The fraction of sp³-hybridized carbons (Fsp3) is 0.444. The summed E-state index contributed by atoms with van der Waals surface area (Å²) in [6.07, 6.45) is 0.736. The molecule has 0 spiro atoms. The molecule has 1 aliphatic rings. The van der Waals surface area contributed by atoms with E-state index in [-0.39, 0.29) is 29.7 Å². The minimum atomic E-state index is -0.442. The Morgan fingerprint density at radius 2 is 2.04 bits per heavy atom. The highest BCUT2D eigenvalue weighted by atomic mass is 16.5. The van der Waals surface area contributed by atoms with Crippen molar-refractivity contribution in [3.05, 3.63) is 29.3 Å². The van der Waals surface area contributed by atoms with Crippen LogP contribution in [0.1, 0.15) is 32.8 Å². The Morgan fingerprint density at radius 3 is 2.62 bits per heavy atom. The summed E-state index contributed by atoms with van der Waals surface area (Å²) in [5.74, 6) is -0.248. The number of hydrogen-bond donors (Lipinski definition) is 1. The van der Waals surface area contributed by atoms with E-state index < -0.39 is 5.91 Å². The summed E-state index contributed by atoms with van der Waals surface area (Å²) in [6.45, 7) is 6.17. The fourth-order valence-electron chi connectivity index (χ4n) is 2.64. The summed E-state index contributed by atoms with van der Waals surface area (Å²) in [5.41, 5.74) is 0.112. The van der Waals surface area contributed by atoms with Crippen molar-refractivity contribution in [1.29, 1.82) is 0 Å². The summed E-state index contributed by atoms with van der Waals surface area (Å²) in [7, 11) is 1.45. The molecule has 0 radical (unpaired) electrons. The molecule has 1 heterocycles. The molecule has 1 aromatic carbocycles. The van der Waals surface area contributed by atoms with Crippen molar-refractivity contribution in [2.75, 3.05) is 20.3 Å². The molecule has 1 N–H and O–H groups in total. The molecule has 6 nitrogen and oxygen atoms in total. The number of hydrogen-bond acceptors (Lipinski definition) is 5. The lowest BCUT2D eigenvalue weighted by Gasteiger charge is -2.21. The minimum absolute atomic E-state index is 0.00736. The number of carbonyl (C=O) groups excluding carboxylic acids is 2. The monoisotopic (exact) mass is 333 g/mol. The Balaban J connectivity index is 2.46. The maximum absolute atomic E-state index is 12.5. The first kappa shape index (κ1) is 17.8. The zero-order valence-corrected chi connectivity index (χ0v) is 14.5. The van der Waals surface area contributed by atoms with E-state index in [1.165, 1.54) is 12.0 Å². The number of amides is 1. The minimum Gasteiger partial charge on any atom is -0.506 e. The SMILES string of the molecule is CCOc1ccc(/C(O)=C2\C(=O)CN(C(C)CC)C2=O)c(OC)c1. The molecule has 1 aliphatic heterocycles. The van der Waals surface area contributed by atoms with Gasteiger partial charge in [-0.1, -0.05) is 6.92 Å². The van der Waals surface area contributed by atoms with E-state index in [0.29, 0.717) is 23.7 Å². The van der Waals surface area contributed by atoms with Gasteiger partial charge in [-0.25, -0.2) is 0 Å². The van der Waals surface area contributed by atoms with E-state index in [1.54, 1.807) is 18.2 Å². The van der Waals surface area contributed by atoms with Crippen molar-refractivity contribution in [2.24, 2.45) is 0 Å². The number of likely N-dealkylation sites (tertiary alicyclic amines) is 1. The zero-order valence-electron chi connectivity index (χ0n) is 14.5. The number of ether oxygens (including phenoxy) is 2. The number of methoxy groups -OCH3 is 1. The van der Waals surface area contributed by atoms with Crippen LogP contribution >= 0.6 is 0 Å². The number of aliphatic hydroxyl groups is 1. The molecule has 0 bridgehead atoms. The third-order valence-electron chi connectivity index (χ3n) is 4.17. The van der Waals surface area contributed by atoms with Gasteiger partial charge in [0, 0.05) is 12.1 Å². The summed E-state index contributed by atoms with van der Waals surface area (Å²) in [5, 5.41) is 10.6. The maximum atomic E-state index is 12.5.